The maximum Gasteiger partial charge on any atom is 0.322 e. The third kappa shape index (κ3) is 3.39. The molecule has 1 saturated heterocycles. The Morgan fingerprint density at radius 1 is 1.38 bits per heavy atom. The van der Waals surface area contributed by atoms with Crippen molar-refractivity contribution < 1.29 is 23.4 Å². The van der Waals surface area contributed by atoms with Gasteiger partial charge in [-0.2, -0.15) is 9.57 Å². The summed E-state index contributed by atoms with van der Waals surface area (Å²) < 4.78 is 25.4. The second kappa shape index (κ2) is 5.81. The van der Waals surface area contributed by atoms with E-state index in [-0.39, 0.29) is 18.7 Å². The fraction of sp³-hybridized carbons (Fsp3) is 0.385. The van der Waals surface area contributed by atoms with Crippen molar-refractivity contribution in [3.8, 4) is 6.07 Å². The van der Waals surface area contributed by atoms with E-state index in [1.807, 2.05) is 6.07 Å². The zero-order chi connectivity index (χ0) is 15.6. The lowest BCUT2D eigenvalue weighted by molar-refractivity contribution is -0.140. The second-order valence-corrected chi connectivity index (χ2v) is 6.80. The molecule has 21 heavy (non-hydrogen) atoms. The molecule has 0 saturated carbocycles. The van der Waals surface area contributed by atoms with Gasteiger partial charge in [0.25, 0.3) is 0 Å². The van der Waals surface area contributed by atoms with E-state index in [4.69, 9.17) is 10.4 Å². The van der Waals surface area contributed by atoms with Crippen molar-refractivity contribution in [2.75, 3.05) is 6.54 Å². The Morgan fingerprint density at radius 2 is 2.00 bits per heavy atom. The normalized spacial score (nSPS) is 22.9. The number of aliphatic hydroxyl groups is 1. The number of aliphatic hydroxyl groups excluding tert-OH is 1. The van der Waals surface area contributed by atoms with Crippen molar-refractivity contribution in [2.45, 2.75) is 24.3 Å². The first-order chi connectivity index (χ1) is 9.83. The van der Waals surface area contributed by atoms with Gasteiger partial charge in [0.15, 0.2) is 0 Å². The van der Waals surface area contributed by atoms with Gasteiger partial charge < -0.3 is 10.2 Å². The number of aliphatic carboxylic acids is 1. The van der Waals surface area contributed by atoms with Crippen molar-refractivity contribution in [3.05, 3.63) is 35.4 Å². The molecule has 1 aromatic carbocycles. The van der Waals surface area contributed by atoms with Gasteiger partial charge in [-0.05, 0) is 17.7 Å². The van der Waals surface area contributed by atoms with Crippen LogP contribution in [0.15, 0.2) is 24.3 Å². The highest BCUT2D eigenvalue weighted by Crippen LogP contribution is 2.24. The highest BCUT2D eigenvalue weighted by Gasteiger charge is 2.42. The molecule has 1 fully saturated rings. The molecule has 0 spiro atoms. The van der Waals surface area contributed by atoms with Gasteiger partial charge in [0.2, 0.25) is 10.0 Å². The Hall–Kier alpha value is -1.95. The lowest BCUT2D eigenvalue weighted by Gasteiger charge is -2.20. The molecule has 2 rings (SSSR count). The molecule has 7 nitrogen and oxygen atoms in total. The van der Waals surface area contributed by atoms with E-state index in [2.05, 4.69) is 0 Å². The van der Waals surface area contributed by atoms with Crippen LogP contribution >= 0.6 is 0 Å². The fourth-order valence-electron chi connectivity index (χ4n) is 2.29. The van der Waals surface area contributed by atoms with Crippen LogP contribution in [-0.4, -0.2) is 47.6 Å². The number of hydrogen-bond acceptors (Lipinski definition) is 5. The van der Waals surface area contributed by atoms with Crippen LogP contribution in [0.5, 0.6) is 0 Å². The van der Waals surface area contributed by atoms with Gasteiger partial charge in [0, 0.05) is 13.0 Å². The molecule has 1 aliphatic heterocycles. The summed E-state index contributed by atoms with van der Waals surface area (Å²) >= 11 is 0. The van der Waals surface area contributed by atoms with Gasteiger partial charge >= 0.3 is 5.97 Å². The number of carbonyl (C=O) groups is 1. The van der Waals surface area contributed by atoms with Crippen LogP contribution < -0.4 is 0 Å². The first-order valence-electron chi connectivity index (χ1n) is 6.23. The van der Waals surface area contributed by atoms with E-state index in [1.54, 1.807) is 0 Å². The number of sulfonamides is 1. The molecule has 1 heterocycles. The topological polar surface area (TPSA) is 119 Å². The maximum absolute atomic E-state index is 12.3. The van der Waals surface area contributed by atoms with Crippen molar-refractivity contribution in [1.82, 2.24) is 4.31 Å². The minimum Gasteiger partial charge on any atom is -0.480 e. The fourth-order valence-corrected chi connectivity index (χ4v) is 4.03. The van der Waals surface area contributed by atoms with Crippen molar-refractivity contribution in [1.29, 1.82) is 5.26 Å². The Labute approximate surface area is 122 Å². The number of carboxylic acid groups (broad SMARTS) is 1. The first kappa shape index (κ1) is 15.4. The number of hydrogen-bond donors (Lipinski definition) is 2. The number of nitriles is 1. The van der Waals surface area contributed by atoms with Gasteiger partial charge in [0.1, 0.15) is 6.04 Å². The van der Waals surface area contributed by atoms with Gasteiger partial charge in [-0.3, -0.25) is 4.79 Å². The van der Waals surface area contributed by atoms with Crippen LogP contribution in [0, 0.1) is 11.3 Å². The van der Waals surface area contributed by atoms with Crippen LogP contribution in [0.4, 0.5) is 0 Å². The summed E-state index contributed by atoms with van der Waals surface area (Å²) in [4.78, 5) is 11.1. The second-order valence-electron chi connectivity index (χ2n) is 4.88. The van der Waals surface area contributed by atoms with Crippen molar-refractivity contribution >= 4 is 16.0 Å². The molecular weight excluding hydrogens is 296 g/mol. The summed E-state index contributed by atoms with van der Waals surface area (Å²) in [5.74, 6) is -1.63. The van der Waals surface area contributed by atoms with E-state index < -0.39 is 28.1 Å². The highest BCUT2D eigenvalue weighted by atomic mass is 32.2. The monoisotopic (exact) mass is 310 g/mol. The van der Waals surface area contributed by atoms with E-state index in [0.29, 0.717) is 11.1 Å². The number of nitrogens with zero attached hydrogens (tertiary/aromatic N) is 2. The average Bonchev–Trinajstić information content (AvgIpc) is 2.82. The molecule has 0 aromatic heterocycles. The molecular formula is C13H14N2O5S. The Balaban J connectivity index is 2.21. The van der Waals surface area contributed by atoms with E-state index >= 15 is 0 Å². The minimum absolute atomic E-state index is 0.109. The molecule has 1 unspecified atom stereocenters. The van der Waals surface area contributed by atoms with Crippen LogP contribution in [0.3, 0.4) is 0 Å². The average molecular weight is 310 g/mol. The number of β-amino-alcohol motifs (C(OH)–C–C–N with tert-alkyl or cyclic N) is 1. The van der Waals surface area contributed by atoms with Crippen LogP contribution in [-0.2, 0) is 20.6 Å². The molecule has 2 atom stereocenters. The summed E-state index contributed by atoms with van der Waals surface area (Å²) in [5, 5.41) is 27.2. The van der Waals surface area contributed by atoms with Gasteiger partial charge in [0.05, 0.1) is 23.5 Å². The molecule has 112 valence electrons. The SMILES string of the molecule is N#Cc1ccc(CS(=O)(=O)N2CC(O)C[C@H]2C(=O)O)cc1. The van der Waals surface area contributed by atoms with E-state index in [9.17, 15) is 18.3 Å². The van der Waals surface area contributed by atoms with Gasteiger partial charge in [-0.25, -0.2) is 8.42 Å². The van der Waals surface area contributed by atoms with Crippen LogP contribution in [0.25, 0.3) is 0 Å². The van der Waals surface area contributed by atoms with Crippen molar-refractivity contribution in [2.24, 2.45) is 0 Å². The summed E-state index contributed by atoms with van der Waals surface area (Å²) in [5.41, 5.74) is 0.871. The lowest BCUT2D eigenvalue weighted by Crippen LogP contribution is -2.41. The number of rotatable bonds is 4. The lowest BCUT2D eigenvalue weighted by atomic mass is 10.2. The standard InChI is InChI=1S/C13H14N2O5S/c14-6-9-1-3-10(4-2-9)8-21(19,20)15-7-11(16)5-12(15)13(17)18/h1-4,11-12,16H,5,7-8H2,(H,17,18)/t11?,12-/m0/s1. The summed E-state index contributed by atoms with van der Waals surface area (Å²) in [6.45, 7) is -0.213. The molecule has 8 heteroatoms. The smallest absolute Gasteiger partial charge is 0.322 e. The summed E-state index contributed by atoms with van der Waals surface area (Å²) in [6.07, 6.45) is -1.08. The molecule has 0 amide bonds. The molecule has 1 aromatic rings. The van der Waals surface area contributed by atoms with Gasteiger partial charge in [-0.1, -0.05) is 12.1 Å². The Kier molecular flexibility index (Phi) is 4.27. The predicted octanol–water partition coefficient (Wildman–Crippen LogP) is -0.0921. The van der Waals surface area contributed by atoms with Crippen LogP contribution in [0.1, 0.15) is 17.5 Å². The van der Waals surface area contributed by atoms with E-state index in [1.165, 1.54) is 24.3 Å². The third-order valence-electron chi connectivity index (χ3n) is 3.31. The quantitative estimate of drug-likeness (QED) is 0.802. The Morgan fingerprint density at radius 3 is 2.52 bits per heavy atom. The molecule has 0 bridgehead atoms. The number of carboxylic acids is 1. The predicted molar refractivity (Wildman–Crippen MR) is 72.5 cm³/mol. The highest BCUT2D eigenvalue weighted by molar-refractivity contribution is 7.88. The molecule has 2 N–H and O–H groups in total. The largest absolute Gasteiger partial charge is 0.480 e. The third-order valence-corrected chi connectivity index (χ3v) is 5.12. The summed E-state index contributed by atoms with van der Waals surface area (Å²) in [7, 11) is -3.85. The zero-order valence-corrected chi connectivity index (χ0v) is 11.8. The summed E-state index contributed by atoms with van der Waals surface area (Å²) in [6, 6.07) is 6.72. The van der Waals surface area contributed by atoms with Crippen molar-refractivity contribution in [3.63, 3.8) is 0 Å². The van der Waals surface area contributed by atoms with E-state index in [0.717, 1.165) is 4.31 Å². The number of benzene rings is 1. The Bertz CT molecular complexity index is 678. The molecule has 0 aliphatic carbocycles. The maximum atomic E-state index is 12.3. The first-order valence-corrected chi connectivity index (χ1v) is 7.84. The van der Waals surface area contributed by atoms with Gasteiger partial charge in [-0.15, -0.1) is 0 Å². The minimum atomic E-state index is -3.85. The molecule has 1 aliphatic rings. The van der Waals surface area contributed by atoms with Crippen LogP contribution in [0.2, 0.25) is 0 Å². The molecule has 0 radical (unpaired) electrons. The zero-order valence-electron chi connectivity index (χ0n) is 11.0.